The zero-order valence-corrected chi connectivity index (χ0v) is 19.3. The quantitative estimate of drug-likeness (QED) is 0.592. The molecule has 162 valence electrons. The van der Waals surface area contributed by atoms with E-state index in [4.69, 9.17) is 27.9 Å². The Morgan fingerprint density at radius 2 is 1.80 bits per heavy atom. The maximum Gasteiger partial charge on any atom is 0.261 e. The number of nitrogens with zero attached hydrogens (tertiary/aromatic N) is 1. The second-order valence-electron chi connectivity index (χ2n) is 7.63. The predicted molar refractivity (Wildman–Crippen MR) is 121 cm³/mol. The molecule has 2 aromatic carbocycles. The van der Waals surface area contributed by atoms with Crippen molar-refractivity contribution in [2.45, 2.75) is 40.3 Å². The number of carbonyl (C=O) groups is 2. The van der Waals surface area contributed by atoms with Crippen LogP contribution in [0.1, 0.15) is 31.9 Å². The molecular formula is C23H28Cl2N2O3. The van der Waals surface area contributed by atoms with Gasteiger partial charge in [-0.05, 0) is 49.1 Å². The van der Waals surface area contributed by atoms with E-state index in [0.717, 1.165) is 11.1 Å². The number of rotatable bonds is 9. The molecule has 2 rings (SSSR count). The van der Waals surface area contributed by atoms with E-state index in [9.17, 15) is 9.59 Å². The van der Waals surface area contributed by atoms with E-state index in [1.54, 1.807) is 25.1 Å². The molecule has 0 spiro atoms. The van der Waals surface area contributed by atoms with Gasteiger partial charge in [0.1, 0.15) is 11.8 Å². The lowest BCUT2D eigenvalue weighted by molar-refractivity contribution is -0.142. The van der Waals surface area contributed by atoms with E-state index in [0.29, 0.717) is 34.8 Å². The molecule has 2 amide bonds. The van der Waals surface area contributed by atoms with E-state index >= 15 is 0 Å². The highest BCUT2D eigenvalue weighted by Crippen LogP contribution is 2.27. The standard InChI is InChI=1S/C23H28Cl2N2O3/c1-15(2)12-26-23(29)17(4)27(13-18-8-6-5-7-16(18)3)22(28)14-30-21-10-9-19(24)11-20(21)25/h5-11,15,17H,12-14H2,1-4H3,(H,26,29)/t17-/m0/s1. The third kappa shape index (κ3) is 6.92. The number of halogens is 2. The van der Waals surface area contributed by atoms with Gasteiger partial charge in [0.2, 0.25) is 5.91 Å². The highest BCUT2D eigenvalue weighted by molar-refractivity contribution is 6.35. The summed E-state index contributed by atoms with van der Waals surface area (Å²) in [5, 5.41) is 3.70. The van der Waals surface area contributed by atoms with Gasteiger partial charge < -0.3 is 15.0 Å². The Hall–Kier alpha value is -2.24. The van der Waals surface area contributed by atoms with Crippen molar-refractivity contribution in [1.82, 2.24) is 10.2 Å². The molecule has 1 N–H and O–H groups in total. The Kier molecular flexibility index (Phi) is 9.00. The number of hydrogen-bond donors (Lipinski definition) is 1. The molecule has 0 saturated heterocycles. The third-order valence-electron chi connectivity index (χ3n) is 4.70. The van der Waals surface area contributed by atoms with Crippen LogP contribution in [0, 0.1) is 12.8 Å². The molecule has 0 aliphatic heterocycles. The third-order valence-corrected chi connectivity index (χ3v) is 5.23. The van der Waals surface area contributed by atoms with Gasteiger partial charge in [-0.25, -0.2) is 0 Å². The predicted octanol–water partition coefficient (Wildman–Crippen LogP) is 4.87. The summed E-state index contributed by atoms with van der Waals surface area (Å²) in [5.41, 5.74) is 2.02. The van der Waals surface area contributed by atoms with Crippen LogP contribution < -0.4 is 10.1 Å². The minimum absolute atomic E-state index is 0.199. The van der Waals surface area contributed by atoms with Gasteiger partial charge in [-0.3, -0.25) is 9.59 Å². The van der Waals surface area contributed by atoms with Crippen LogP contribution in [0.4, 0.5) is 0 Å². The van der Waals surface area contributed by atoms with E-state index in [-0.39, 0.29) is 18.4 Å². The number of hydrogen-bond acceptors (Lipinski definition) is 3. The van der Waals surface area contributed by atoms with Crippen LogP contribution in [0.3, 0.4) is 0 Å². The lowest BCUT2D eigenvalue weighted by Gasteiger charge is -2.29. The molecule has 0 heterocycles. The summed E-state index contributed by atoms with van der Waals surface area (Å²) in [7, 11) is 0. The fourth-order valence-electron chi connectivity index (χ4n) is 2.82. The average Bonchev–Trinajstić information content (AvgIpc) is 2.70. The van der Waals surface area contributed by atoms with Gasteiger partial charge in [-0.15, -0.1) is 0 Å². The summed E-state index contributed by atoms with van der Waals surface area (Å²) in [6.45, 7) is 8.35. The zero-order chi connectivity index (χ0) is 22.3. The van der Waals surface area contributed by atoms with Crippen molar-refractivity contribution < 1.29 is 14.3 Å². The van der Waals surface area contributed by atoms with Crippen molar-refractivity contribution in [3.05, 3.63) is 63.6 Å². The molecule has 0 aromatic heterocycles. The minimum atomic E-state index is -0.653. The fraction of sp³-hybridized carbons (Fsp3) is 0.391. The van der Waals surface area contributed by atoms with Gasteiger partial charge in [0.05, 0.1) is 5.02 Å². The molecular weight excluding hydrogens is 423 g/mol. The Morgan fingerprint density at radius 3 is 2.43 bits per heavy atom. The summed E-state index contributed by atoms with van der Waals surface area (Å²) in [6, 6.07) is 11.9. The Labute approximate surface area is 188 Å². The summed E-state index contributed by atoms with van der Waals surface area (Å²) in [5.74, 6) is 0.172. The van der Waals surface area contributed by atoms with Gasteiger partial charge in [0, 0.05) is 18.1 Å². The van der Waals surface area contributed by atoms with E-state index in [1.165, 1.54) is 4.90 Å². The van der Waals surface area contributed by atoms with Crippen LogP contribution in [0.15, 0.2) is 42.5 Å². The van der Waals surface area contributed by atoms with E-state index in [2.05, 4.69) is 5.32 Å². The number of nitrogens with one attached hydrogen (secondary N) is 1. The SMILES string of the molecule is Cc1ccccc1CN(C(=O)COc1ccc(Cl)cc1Cl)[C@@H](C)C(=O)NCC(C)C. The van der Waals surface area contributed by atoms with Crippen molar-refractivity contribution in [2.75, 3.05) is 13.2 Å². The van der Waals surface area contributed by atoms with Crippen molar-refractivity contribution in [2.24, 2.45) is 5.92 Å². The van der Waals surface area contributed by atoms with Crippen molar-refractivity contribution in [3.8, 4) is 5.75 Å². The number of amides is 2. The summed E-state index contributed by atoms with van der Waals surface area (Å²) in [4.78, 5) is 27.2. The van der Waals surface area contributed by atoms with Gasteiger partial charge in [-0.2, -0.15) is 0 Å². The van der Waals surface area contributed by atoms with Crippen LogP contribution in [-0.4, -0.2) is 35.9 Å². The fourth-order valence-corrected chi connectivity index (χ4v) is 3.28. The smallest absolute Gasteiger partial charge is 0.261 e. The summed E-state index contributed by atoms with van der Waals surface area (Å²) >= 11 is 12.0. The average molecular weight is 451 g/mol. The Balaban J connectivity index is 2.17. The molecule has 5 nitrogen and oxygen atoms in total. The lowest BCUT2D eigenvalue weighted by atomic mass is 10.1. The van der Waals surface area contributed by atoms with Crippen LogP contribution >= 0.6 is 23.2 Å². The van der Waals surface area contributed by atoms with Crippen LogP contribution in [-0.2, 0) is 16.1 Å². The monoisotopic (exact) mass is 450 g/mol. The number of carbonyl (C=O) groups excluding carboxylic acids is 2. The molecule has 7 heteroatoms. The normalized spacial score (nSPS) is 11.8. The number of benzene rings is 2. The van der Waals surface area contributed by atoms with Crippen molar-refractivity contribution in [3.63, 3.8) is 0 Å². The topological polar surface area (TPSA) is 58.6 Å². The van der Waals surface area contributed by atoms with Crippen molar-refractivity contribution in [1.29, 1.82) is 0 Å². The number of ether oxygens (including phenoxy) is 1. The highest BCUT2D eigenvalue weighted by atomic mass is 35.5. The lowest BCUT2D eigenvalue weighted by Crippen LogP contribution is -2.49. The first kappa shape index (κ1) is 24.0. The number of aryl methyl sites for hydroxylation is 1. The Bertz CT molecular complexity index is 887. The molecule has 0 bridgehead atoms. The van der Waals surface area contributed by atoms with Crippen LogP contribution in [0.2, 0.25) is 10.0 Å². The molecule has 0 fully saturated rings. The highest BCUT2D eigenvalue weighted by Gasteiger charge is 2.27. The summed E-state index contributed by atoms with van der Waals surface area (Å²) < 4.78 is 5.62. The maximum absolute atomic E-state index is 13.0. The maximum atomic E-state index is 13.0. The second-order valence-corrected chi connectivity index (χ2v) is 8.47. The molecule has 0 radical (unpaired) electrons. The van der Waals surface area contributed by atoms with Gasteiger partial charge in [0.25, 0.3) is 5.91 Å². The molecule has 0 unspecified atom stereocenters. The van der Waals surface area contributed by atoms with Crippen LogP contribution in [0.25, 0.3) is 0 Å². The van der Waals surface area contributed by atoms with E-state index in [1.807, 2.05) is 45.0 Å². The molecule has 0 aliphatic rings. The van der Waals surface area contributed by atoms with Gasteiger partial charge in [0.15, 0.2) is 6.61 Å². The van der Waals surface area contributed by atoms with Gasteiger partial charge in [-0.1, -0.05) is 61.3 Å². The Morgan fingerprint density at radius 1 is 1.10 bits per heavy atom. The molecule has 30 heavy (non-hydrogen) atoms. The molecule has 0 aliphatic carbocycles. The summed E-state index contributed by atoms with van der Waals surface area (Å²) in [6.07, 6.45) is 0. The second kappa shape index (κ2) is 11.2. The van der Waals surface area contributed by atoms with Crippen molar-refractivity contribution >= 4 is 35.0 Å². The first-order valence-corrected chi connectivity index (χ1v) is 10.6. The molecule has 0 saturated carbocycles. The molecule has 2 aromatic rings. The van der Waals surface area contributed by atoms with E-state index < -0.39 is 6.04 Å². The first-order chi connectivity index (χ1) is 14.2. The van der Waals surface area contributed by atoms with Crippen LogP contribution in [0.5, 0.6) is 5.75 Å². The van der Waals surface area contributed by atoms with Gasteiger partial charge >= 0.3 is 0 Å². The molecule has 1 atom stereocenters. The first-order valence-electron chi connectivity index (χ1n) is 9.88. The minimum Gasteiger partial charge on any atom is -0.482 e. The largest absolute Gasteiger partial charge is 0.482 e. The zero-order valence-electron chi connectivity index (χ0n) is 17.7.